The van der Waals surface area contributed by atoms with Gasteiger partial charge in [-0.25, -0.2) is 0 Å². The lowest BCUT2D eigenvalue weighted by Gasteiger charge is -2.55. The molecule has 1 aliphatic rings. The van der Waals surface area contributed by atoms with E-state index in [9.17, 15) is 0 Å². The molecule has 0 aliphatic heterocycles. The lowest BCUT2D eigenvalue weighted by Crippen LogP contribution is -2.59. The van der Waals surface area contributed by atoms with E-state index < -0.39 is 0 Å². The number of hydrogen-bond acceptors (Lipinski definition) is 1. The Hall–Kier alpha value is 0.160. The van der Waals surface area contributed by atoms with E-state index in [1.54, 1.807) is 0 Å². The van der Waals surface area contributed by atoms with Crippen molar-refractivity contribution >= 4 is 34.2 Å². The monoisotopic (exact) mass is 423 g/mol. The van der Waals surface area contributed by atoms with Gasteiger partial charge < -0.3 is 10.4 Å². The molecule has 0 saturated heterocycles. The molecular formula is C17H27ClINO. The maximum atomic E-state index is 6.07. The first-order chi connectivity index (χ1) is 9.37. The average Bonchev–Trinajstić information content (AvgIpc) is 2.38. The smallest absolute Gasteiger partial charge is 0.0406 e. The van der Waals surface area contributed by atoms with Gasteiger partial charge in [-0.1, -0.05) is 60.2 Å². The minimum Gasteiger partial charge on any atom is -0.412 e. The molecule has 1 aliphatic carbocycles. The molecule has 0 bridgehead atoms. The van der Waals surface area contributed by atoms with Crippen LogP contribution in [0, 0.1) is 5.92 Å². The molecule has 1 aromatic carbocycles. The zero-order valence-electron chi connectivity index (χ0n) is 13.4. The van der Waals surface area contributed by atoms with Crippen LogP contribution in [0.25, 0.3) is 0 Å². The number of likely N-dealkylation sites (N-methyl/N-ethyl adjacent to an activating group) is 1. The van der Waals surface area contributed by atoms with Crippen LogP contribution in [0.1, 0.15) is 38.7 Å². The lowest BCUT2D eigenvalue weighted by atomic mass is 9.58. The van der Waals surface area contributed by atoms with E-state index in [1.165, 1.54) is 24.8 Å². The van der Waals surface area contributed by atoms with Crippen molar-refractivity contribution in [2.75, 3.05) is 14.1 Å². The van der Waals surface area contributed by atoms with Crippen molar-refractivity contribution in [3.8, 4) is 0 Å². The Bertz CT molecular complexity index is 449. The van der Waals surface area contributed by atoms with E-state index in [1.807, 2.05) is 12.1 Å². The summed E-state index contributed by atoms with van der Waals surface area (Å²) in [5.74, 6) is 0.718. The minimum absolute atomic E-state index is 0. The molecule has 4 heteroatoms. The molecule has 0 spiro atoms. The third-order valence-corrected chi connectivity index (χ3v) is 6.65. The Morgan fingerprint density at radius 3 is 2.19 bits per heavy atom. The molecule has 2 nitrogen and oxygen atoms in total. The summed E-state index contributed by atoms with van der Waals surface area (Å²) in [6.45, 7) is 4.65. The van der Waals surface area contributed by atoms with Gasteiger partial charge in [-0.2, -0.15) is 0 Å². The molecule has 2 rings (SSSR count). The summed E-state index contributed by atoms with van der Waals surface area (Å²) < 4.78 is 0.715. The van der Waals surface area contributed by atoms with Crippen molar-refractivity contribution in [3.05, 3.63) is 34.9 Å². The van der Waals surface area contributed by atoms with Crippen molar-refractivity contribution in [3.63, 3.8) is 0 Å². The highest BCUT2D eigenvalue weighted by Gasteiger charge is 2.52. The fraction of sp³-hybridized carbons (Fsp3) is 0.647. The van der Waals surface area contributed by atoms with Crippen LogP contribution >= 0.6 is 34.2 Å². The minimum atomic E-state index is 0. The van der Waals surface area contributed by atoms with Crippen molar-refractivity contribution in [1.82, 2.24) is 4.90 Å². The molecule has 3 unspecified atom stereocenters. The Balaban J connectivity index is 0.00000220. The lowest BCUT2D eigenvalue weighted by molar-refractivity contribution is 0.0934. The first-order valence-corrected chi connectivity index (χ1v) is 9.07. The molecule has 1 saturated carbocycles. The Labute approximate surface area is 147 Å². The predicted octanol–water partition coefficient (Wildman–Crippen LogP) is 4.33. The summed E-state index contributed by atoms with van der Waals surface area (Å²) >= 11 is 8.73. The highest BCUT2D eigenvalue weighted by molar-refractivity contribution is 14.1. The first-order valence-electron chi connectivity index (χ1n) is 7.44. The molecule has 0 aromatic heterocycles. The maximum Gasteiger partial charge on any atom is 0.0406 e. The van der Waals surface area contributed by atoms with Gasteiger partial charge >= 0.3 is 0 Å². The van der Waals surface area contributed by atoms with E-state index in [0.29, 0.717) is 15.4 Å². The fourth-order valence-corrected chi connectivity index (χ4v) is 5.07. The average molecular weight is 424 g/mol. The van der Waals surface area contributed by atoms with Gasteiger partial charge in [0.1, 0.15) is 0 Å². The number of halogens is 2. The number of rotatable bonds is 5. The van der Waals surface area contributed by atoms with Crippen LogP contribution in [0.15, 0.2) is 24.3 Å². The number of benzene rings is 1. The van der Waals surface area contributed by atoms with Gasteiger partial charge in [0.25, 0.3) is 0 Å². The largest absolute Gasteiger partial charge is 0.412 e. The van der Waals surface area contributed by atoms with Gasteiger partial charge in [0.15, 0.2) is 0 Å². The normalized spacial score (nSPS) is 26.4. The number of alkyl halides is 1. The van der Waals surface area contributed by atoms with Gasteiger partial charge in [0.2, 0.25) is 0 Å². The van der Waals surface area contributed by atoms with Crippen LogP contribution in [0.4, 0.5) is 0 Å². The summed E-state index contributed by atoms with van der Waals surface area (Å²) in [5, 5.41) is 0.832. The van der Waals surface area contributed by atoms with Crippen molar-refractivity contribution in [2.24, 2.45) is 5.92 Å². The fourth-order valence-electron chi connectivity index (χ4n) is 3.55. The zero-order valence-corrected chi connectivity index (χ0v) is 16.3. The maximum absolute atomic E-state index is 6.07. The van der Waals surface area contributed by atoms with Crippen LogP contribution in [-0.4, -0.2) is 34.4 Å². The molecule has 1 fully saturated rings. The summed E-state index contributed by atoms with van der Waals surface area (Å²) in [7, 11) is 4.46. The highest BCUT2D eigenvalue weighted by atomic mass is 127. The van der Waals surface area contributed by atoms with Crippen LogP contribution in [0.5, 0.6) is 0 Å². The van der Waals surface area contributed by atoms with E-state index in [-0.39, 0.29) is 5.48 Å². The van der Waals surface area contributed by atoms with Crippen LogP contribution < -0.4 is 0 Å². The van der Waals surface area contributed by atoms with Gasteiger partial charge in [-0.3, -0.25) is 0 Å². The first kappa shape index (κ1) is 19.2. The molecule has 0 amide bonds. The highest BCUT2D eigenvalue weighted by Crippen LogP contribution is 2.53. The SMILES string of the molecule is CC(C)CC(N(C)C)C1(c2ccc(Cl)cc2)CCC1I.O. The van der Waals surface area contributed by atoms with Crippen LogP contribution in [-0.2, 0) is 5.41 Å². The van der Waals surface area contributed by atoms with E-state index in [2.05, 4.69) is 67.6 Å². The topological polar surface area (TPSA) is 34.7 Å². The molecule has 2 N–H and O–H groups in total. The van der Waals surface area contributed by atoms with Gasteiger partial charge in [0, 0.05) is 20.4 Å². The summed E-state index contributed by atoms with van der Waals surface area (Å²) in [4.78, 5) is 2.43. The summed E-state index contributed by atoms with van der Waals surface area (Å²) in [6, 6.07) is 9.16. The molecule has 0 radical (unpaired) electrons. The van der Waals surface area contributed by atoms with Crippen molar-refractivity contribution < 1.29 is 5.48 Å². The Morgan fingerprint density at radius 2 is 1.86 bits per heavy atom. The molecule has 1 aromatic rings. The Morgan fingerprint density at radius 1 is 1.29 bits per heavy atom. The van der Waals surface area contributed by atoms with Crippen molar-refractivity contribution in [1.29, 1.82) is 0 Å². The molecule has 21 heavy (non-hydrogen) atoms. The second kappa shape index (κ2) is 7.62. The van der Waals surface area contributed by atoms with Gasteiger partial charge in [-0.15, -0.1) is 0 Å². The van der Waals surface area contributed by atoms with Gasteiger partial charge in [-0.05, 0) is 57.0 Å². The quantitative estimate of drug-likeness (QED) is 0.513. The summed E-state index contributed by atoms with van der Waals surface area (Å²) in [5.41, 5.74) is 1.76. The van der Waals surface area contributed by atoms with E-state index in [0.717, 1.165) is 10.9 Å². The second-order valence-corrected chi connectivity index (χ2v) is 8.60. The molecular weight excluding hydrogens is 397 g/mol. The van der Waals surface area contributed by atoms with Crippen molar-refractivity contribution in [2.45, 2.75) is 48.5 Å². The third kappa shape index (κ3) is 3.74. The molecule has 120 valence electrons. The Kier molecular flexibility index (Phi) is 6.97. The number of hydrogen-bond donors (Lipinski definition) is 0. The van der Waals surface area contributed by atoms with E-state index in [4.69, 9.17) is 11.6 Å². The zero-order chi connectivity index (χ0) is 14.9. The van der Waals surface area contributed by atoms with Gasteiger partial charge in [0.05, 0.1) is 0 Å². The third-order valence-electron chi connectivity index (χ3n) is 4.66. The predicted molar refractivity (Wildman–Crippen MR) is 101 cm³/mol. The number of nitrogens with zero attached hydrogens (tertiary/aromatic N) is 1. The van der Waals surface area contributed by atoms with Crippen LogP contribution in [0.3, 0.4) is 0 Å². The summed E-state index contributed by atoms with van der Waals surface area (Å²) in [6.07, 6.45) is 3.86. The molecule has 3 atom stereocenters. The second-order valence-electron chi connectivity index (χ2n) is 6.66. The standard InChI is InChI=1S/C17H25ClIN.H2O/c1-12(2)11-16(20(3)4)17(10-9-15(17)19)13-5-7-14(18)8-6-13;/h5-8,12,15-16H,9-11H2,1-4H3;1H2. The van der Waals surface area contributed by atoms with E-state index >= 15 is 0 Å². The van der Waals surface area contributed by atoms with Crippen LogP contribution in [0.2, 0.25) is 5.02 Å². The molecule has 0 heterocycles.